The van der Waals surface area contributed by atoms with Crippen LogP contribution in [0.4, 0.5) is 5.69 Å². The van der Waals surface area contributed by atoms with Crippen LogP contribution in [-0.4, -0.2) is 136 Å². The van der Waals surface area contributed by atoms with Gasteiger partial charge in [0.15, 0.2) is 42.2 Å². The van der Waals surface area contributed by atoms with E-state index >= 15 is 0 Å². The van der Waals surface area contributed by atoms with Crippen LogP contribution in [0.25, 0.3) is 0 Å². The lowest BCUT2D eigenvalue weighted by Gasteiger charge is -2.39. The second kappa shape index (κ2) is 17.7. The van der Waals surface area contributed by atoms with Crippen molar-refractivity contribution in [3.05, 3.63) is 53.6 Å². The summed E-state index contributed by atoms with van der Waals surface area (Å²) in [6, 6.07) is 13.1. The lowest BCUT2D eigenvalue weighted by Crippen LogP contribution is -2.61. The summed E-state index contributed by atoms with van der Waals surface area (Å²) in [5.41, 5.74) is 2.85. The summed E-state index contributed by atoms with van der Waals surface area (Å²) in [5.74, 6) is -3.15. The average molecular weight is 744 g/mol. The summed E-state index contributed by atoms with van der Waals surface area (Å²) >= 11 is 0. The monoisotopic (exact) mass is 743 g/mol. The van der Waals surface area contributed by atoms with Crippen molar-refractivity contribution in [3.63, 3.8) is 0 Å². The van der Waals surface area contributed by atoms with Crippen LogP contribution in [0, 0.1) is 13.8 Å². The zero-order valence-corrected chi connectivity index (χ0v) is 31.2. The zero-order valence-electron chi connectivity index (χ0n) is 31.2. The molecule has 1 N–H and O–H groups in total. The number of benzene rings is 2. The van der Waals surface area contributed by atoms with Gasteiger partial charge in [0.1, 0.15) is 12.7 Å². The molecule has 0 aromatic heterocycles. The molecule has 3 aliphatic heterocycles. The van der Waals surface area contributed by atoms with Crippen LogP contribution in [0.3, 0.4) is 0 Å². The van der Waals surface area contributed by atoms with Gasteiger partial charge in [-0.2, -0.15) is 0 Å². The fraction of sp³-hybridized carbons (Fsp3) is 0.568. The molecule has 3 fully saturated rings. The van der Waals surface area contributed by atoms with E-state index in [1.165, 1.54) is 13.8 Å². The van der Waals surface area contributed by atoms with Gasteiger partial charge in [-0.3, -0.25) is 28.9 Å². The number of anilines is 1. The Bertz CT molecular complexity index is 1600. The van der Waals surface area contributed by atoms with E-state index in [2.05, 4.69) is 15.1 Å². The Morgan fingerprint density at radius 2 is 1.49 bits per heavy atom. The second-order valence-corrected chi connectivity index (χ2v) is 13.3. The zero-order chi connectivity index (χ0) is 38.3. The number of ether oxygens (including phenoxy) is 9. The lowest BCUT2D eigenvalue weighted by molar-refractivity contribution is -0.360. The molecular weight excluding hydrogens is 694 g/mol. The third-order valence-electron chi connectivity index (χ3n) is 9.13. The van der Waals surface area contributed by atoms with Gasteiger partial charge >= 0.3 is 17.9 Å². The van der Waals surface area contributed by atoms with E-state index < -0.39 is 60.7 Å². The number of hydrogen-bond donors (Lipinski definition) is 1. The molecule has 0 radical (unpaired) electrons. The van der Waals surface area contributed by atoms with Crippen molar-refractivity contribution in [2.24, 2.45) is 0 Å². The van der Waals surface area contributed by atoms with Gasteiger partial charge in [0.2, 0.25) is 5.91 Å². The first-order chi connectivity index (χ1) is 25.3. The number of carbonyl (C=O) groups excluding carboxylic acids is 4. The van der Waals surface area contributed by atoms with Crippen LogP contribution >= 0.6 is 0 Å². The molecule has 16 nitrogen and oxygen atoms in total. The van der Waals surface area contributed by atoms with Crippen molar-refractivity contribution >= 4 is 29.5 Å². The second-order valence-electron chi connectivity index (χ2n) is 13.3. The Morgan fingerprint density at radius 3 is 2.11 bits per heavy atom. The van der Waals surface area contributed by atoms with Gasteiger partial charge in [-0.1, -0.05) is 30.3 Å². The largest absolute Gasteiger partial charge is 0.493 e. The van der Waals surface area contributed by atoms with E-state index in [1.807, 2.05) is 44.2 Å². The number of nitrogens with zero attached hydrogens (tertiary/aromatic N) is 2. The van der Waals surface area contributed by atoms with Crippen LogP contribution in [-0.2, 0) is 52.3 Å². The van der Waals surface area contributed by atoms with E-state index in [0.29, 0.717) is 44.2 Å². The van der Waals surface area contributed by atoms with Gasteiger partial charge in [0.05, 0.1) is 20.8 Å². The van der Waals surface area contributed by atoms with Gasteiger partial charge in [0.25, 0.3) is 5.97 Å². The fourth-order valence-electron chi connectivity index (χ4n) is 6.68. The Labute approximate surface area is 308 Å². The molecular formula is C37H49N3O13. The van der Waals surface area contributed by atoms with E-state index in [-0.39, 0.29) is 19.1 Å². The Kier molecular flexibility index (Phi) is 13.3. The van der Waals surface area contributed by atoms with Crippen molar-refractivity contribution in [2.45, 2.75) is 77.4 Å². The average Bonchev–Trinajstić information content (AvgIpc) is 3.45. The first kappa shape index (κ1) is 39.9. The molecule has 0 saturated carbocycles. The van der Waals surface area contributed by atoms with Crippen LogP contribution < -0.4 is 14.8 Å². The molecule has 3 saturated heterocycles. The normalized spacial score (nSPS) is 26.5. The van der Waals surface area contributed by atoms with E-state index in [4.69, 9.17) is 42.6 Å². The SMILES string of the molecule is COC(=O)[C@H]1O[C@@H]2OC(C)(OC(COc3ccccc3OC)CN3CCN(CC(=O)Nc4c(C)cccc4C)CC3)O[C@@H]2[C@@H](OC(C)=O)[C@@H]1OC(C)=O. The highest BCUT2D eigenvalue weighted by Gasteiger charge is 2.61. The molecule has 2 aromatic rings. The minimum absolute atomic E-state index is 0.0471. The molecule has 53 heavy (non-hydrogen) atoms. The highest BCUT2D eigenvalue weighted by molar-refractivity contribution is 5.93. The molecule has 7 atom stereocenters. The third-order valence-corrected chi connectivity index (χ3v) is 9.13. The maximum atomic E-state index is 13.0. The summed E-state index contributed by atoms with van der Waals surface area (Å²) < 4.78 is 52.2. The number of fused-ring (bicyclic) bond motifs is 1. The summed E-state index contributed by atoms with van der Waals surface area (Å²) in [6.45, 7) is 11.0. The van der Waals surface area contributed by atoms with Crippen LogP contribution in [0.2, 0.25) is 0 Å². The Hall–Kier alpha value is -4.32. The van der Waals surface area contributed by atoms with Gasteiger partial charge in [-0.15, -0.1) is 0 Å². The fourth-order valence-corrected chi connectivity index (χ4v) is 6.68. The van der Waals surface area contributed by atoms with Crippen LogP contribution in [0.1, 0.15) is 31.9 Å². The van der Waals surface area contributed by atoms with Gasteiger partial charge in [0, 0.05) is 59.2 Å². The van der Waals surface area contributed by atoms with Gasteiger partial charge in [-0.25, -0.2) is 4.79 Å². The quantitative estimate of drug-likeness (QED) is 0.221. The first-order valence-electron chi connectivity index (χ1n) is 17.5. The maximum Gasteiger partial charge on any atom is 0.339 e. The number of aryl methyl sites for hydroxylation is 2. The van der Waals surface area contributed by atoms with E-state index in [1.54, 1.807) is 19.2 Å². The summed E-state index contributed by atoms with van der Waals surface area (Å²) in [7, 11) is 2.70. The minimum Gasteiger partial charge on any atom is -0.493 e. The molecule has 2 aromatic carbocycles. The van der Waals surface area contributed by atoms with Crippen molar-refractivity contribution in [2.75, 3.05) is 65.4 Å². The van der Waals surface area contributed by atoms with Crippen molar-refractivity contribution in [1.82, 2.24) is 9.80 Å². The molecule has 5 rings (SSSR count). The first-order valence-corrected chi connectivity index (χ1v) is 17.5. The van der Waals surface area contributed by atoms with E-state index in [9.17, 15) is 19.2 Å². The number of carbonyl (C=O) groups is 4. The predicted molar refractivity (Wildman–Crippen MR) is 187 cm³/mol. The lowest BCUT2D eigenvalue weighted by atomic mass is 9.98. The van der Waals surface area contributed by atoms with Crippen molar-refractivity contribution in [3.8, 4) is 11.5 Å². The number of amides is 1. The molecule has 0 bridgehead atoms. The molecule has 290 valence electrons. The smallest absolute Gasteiger partial charge is 0.339 e. The summed E-state index contributed by atoms with van der Waals surface area (Å²) in [5, 5.41) is 3.06. The number of hydrogen-bond acceptors (Lipinski definition) is 15. The maximum absolute atomic E-state index is 13.0. The number of esters is 3. The summed E-state index contributed by atoms with van der Waals surface area (Å²) in [4.78, 5) is 54.2. The van der Waals surface area contributed by atoms with Crippen molar-refractivity contribution < 1.29 is 61.8 Å². The molecule has 1 amide bonds. The Morgan fingerprint density at radius 1 is 0.868 bits per heavy atom. The standard InChI is InChI=1S/C37H49N3O13/c1-22-11-10-12-23(2)30(22)38-29(43)20-40-17-15-39(16-18-40)19-26(21-47-28-14-9-8-13-27(28)45-6)51-37(5)52-34-32(49-25(4)42)31(48-24(3)41)33(35(44)46-7)50-36(34)53-37/h8-14,26,31-34,36H,15-21H2,1-7H3,(H,38,43)/t26?,31-,32-,33-,34+,36+,37?/m0/s1. The topological polar surface area (TPSA) is 170 Å². The molecule has 2 unspecified atom stereocenters. The number of para-hydroxylation sites is 3. The van der Waals surface area contributed by atoms with Crippen molar-refractivity contribution in [1.29, 1.82) is 0 Å². The van der Waals surface area contributed by atoms with Crippen LogP contribution in [0.15, 0.2) is 42.5 Å². The molecule has 3 aliphatic rings. The van der Waals surface area contributed by atoms with Gasteiger partial charge < -0.3 is 43.2 Å². The highest BCUT2D eigenvalue weighted by Crippen LogP contribution is 2.40. The Balaban J connectivity index is 1.28. The third kappa shape index (κ3) is 10.2. The molecule has 0 aliphatic carbocycles. The van der Waals surface area contributed by atoms with Gasteiger partial charge in [-0.05, 0) is 37.1 Å². The minimum atomic E-state index is -1.79. The molecule has 3 heterocycles. The molecule has 16 heteroatoms. The number of piperazine rings is 1. The molecule has 0 spiro atoms. The van der Waals surface area contributed by atoms with E-state index in [0.717, 1.165) is 30.8 Å². The van der Waals surface area contributed by atoms with Crippen LogP contribution in [0.5, 0.6) is 11.5 Å². The predicted octanol–water partition coefficient (Wildman–Crippen LogP) is 2.18. The highest BCUT2D eigenvalue weighted by atomic mass is 16.9. The summed E-state index contributed by atoms with van der Waals surface area (Å²) in [6.07, 6.45) is -7.26. The number of methoxy groups -OCH3 is 2. The number of rotatable bonds is 14. The number of nitrogens with one attached hydrogen (secondary N) is 1.